The van der Waals surface area contributed by atoms with Gasteiger partial charge in [-0.1, -0.05) is 41.4 Å². The van der Waals surface area contributed by atoms with Crippen LogP contribution < -0.4 is 14.9 Å². The van der Waals surface area contributed by atoms with Gasteiger partial charge in [-0.05, 0) is 36.8 Å². The molecule has 3 rings (SSSR count). The molecule has 0 unspecified atom stereocenters. The van der Waals surface area contributed by atoms with E-state index in [9.17, 15) is 8.42 Å². The number of anilines is 2. The van der Waals surface area contributed by atoms with Gasteiger partial charge in [0.2, 0.25) is 16.0 Å². The second kappa shape index (κ2) is 10.3. The highest BCUT2D eigenvalue weighted by Gasteiger charge is 2.20. The van der Waals surface area contributed by atoms with Crippen LogP contribution in [-0.2, 0) is 10.0 Å². The maximum Gasteiger partial charge on any atom is 0.243 e. The van der Waals surface area contributed by atoms with Gasteiger partial charge in [0, 0.05) is 44.6 Å². The van der Waals surface area contributed by atoms with E-state index in [2.05, 4.69) is 20.0 Å². The van der Waals surface area contributed by atoms with Gasteiger partial charge in [-0.25, -0.2) is 23.1 Å². The SMILES string of the molecule is CN(C)c1ccc(-c2ccnc(NCCCNS(=O)(=O)c3c(Cl)cccc3Cl)n2)cc1. The molecule has 7 nitrogen and oxygen atoms in total. The van der Waals surface area contributed by atoms with Crippen LogP contribution in [0.4, 0.5) is 11.6 Å². The van der Waals surface area contributed by atoms with E-state index < -0.39 is 10.0 Å². The first-order valence-corrected chi connectivity index (χ1v) is 11.8. The van der Waals surface area contributed by atoms with Crippen LogP contribution in [0.1, 0.15) is 6.42 Å². The fourth-order valence-corrected chi connectivity index (χ4v) is 5.06. The van der Waals surface area contributed by atoms with E-state index in [0.717, 1.165) is 16.9 Å². The van der Waals surface area contributed by atoms with E-state index in [1.807, 2.05) is 49.3 Å². The standard InChI is InChI=1S/C21H23Cl2N5O2S/c1-28(2)16-9-7-15(8-10-16)19-11-14-25-21(27-19)24-12-4-13-26-31(29,30)20-17(22)5-3-6-18(20)23/h3,5-11,14,26H,4,12-13H2,1-2H3,(H,24,25,27). The van der Waals surface area contributed by atoms with Gasteiger partial charge < -0.3 is 10.2 Å². The molecule has 164 valence electrons. The minimum Gasteiger partial charge on any atom is -0.378 e. The number of sulfonamides is 1. The van der Waals surface area contributed by atoms with Crippen molar-refractivity contribution in [3.05, 3.63) is 64.8 Å². The molecule has 3 aromatic rings. The van der Waals surface area contributed by atoms with Crippen LogP contribution >= 0.6 is 23.2 Å². The summed E-state index contributed by atoms with van der Waals surface area (Å²) < 4.78 is 27.4. The van der Waals surface area contributed by atoms with E-state index in [4.69, 9.17) is 23.2 Å². The third-order valence-electron chi connectivity index (χ3n) is 4.45. The lowest BCUT2D eigenvalue weighted by Crippen LogP contribution is -2.26. The Morgan fingerprint density at radius 1 is 0.968 bits per heavy atom. The summed E-state index contributed by atoms with van der Waals surface area (Å²) in [5, 5.41) is 3.29. The summed E-state index contributed by atoms with van der Waals surface area (Å²) in [6.07, 6.45) is 2.21. The van der Waals surface area contributed by atoms with E-state index >= 15 is 0 Å². The molecule has 0 aliphatic heterocycles. The molecule has 0 aliphatic rings. The Kier molecular flexibility index (Phi) is 7.72. The second-order valence-corrected chi connectivity index (χ2v) is 9.45. The quantitative estimate of drug-likeness (QED) is 0.445. The Morgan fingerprint density at radius 2 is 1.65 bits per heavy atom. The van der Waals surface area contributed by atoms with Crippen molar-refractivity contribution in [3.8, 4) is 11.3 Å². The Labute approximate surface area is 192 Å². The predicted molar refractivity (Wildman–Crippen MR) is 127 cm³/mol. The molecule has 0 saturated heterocycles. The Morgan fingerprint density at radius 3 is 2.29 bits per heavy atom. The van der Waals surface area contributed by atoms with Crippen LogP contribution in [-0.4, -0.2) is 45.6 Å². The van der Waals surface area contributed by atoms with Gasteiger partial charge in [-0.15, -0.1) is 0 Å². The molecule has 2 aromatic carbocycles. The van der Waals surface area contributed by atoms with E-state index in [-0.39, 0.29) is 21.5 Å². The molecule has 0 saturated carbocycles. The molecule has 0 atom stereocenters. The smallest absolute Gasteiger partial charge is 0.243 e. The van der Waals surface area contributed by atoms with Gasteiger partial charge in [0.25, 0.3) is 0 Å². The average Bonchev–Trinajstić information content (AvgIpc) is 2.73. The number of nitrogens with one attached hydrogen (secondary N) is 2. The Hall–Kier alpha value is -2.39. The molecule has 0 bridgehead atoms. The van der Waals surface area contributed by atoms with Crippen molar-refractivity contribution < 1.29 is 8.42 Å². The highest BCUT2D eigenvalue weighted by Crippen LogP contribution is 2.28. The Balaban J connectivity index is 1.54. The summed E-state index contributed by atoms with van der Waals surface area (Å²) in [5.41, 5.74) is 2.90. The van der Waals surface area contributed by atoms with E-state index in [1.165, 1.54) is 12.1 Å². The second-order valence-electron chi connectivity index (χ2n) is 6.94. The number of halogens is 2. The number of hydrogen-bond donors (Lipinski definition) is 2. The summed E-state index contributed by atoms with van der Waals surface area (Å²) >= 11 is 12.0. The lowest BCUT2D eigenvalue weighted by Gasteiger charge is -2.13. The normalized spacial score (nSPS) is 11.4. The molecule has 0 amide bonds. The van der Waals surface area contributed by atoms with Crippen LogP contribution in [0, 0.1) is 0 Å². The summed E-state index contributed by atoms with van der Waals surface area (Å²) in [7, 11) is 0.186. The van der Waals surface area contributed by atoms with Crippen molar-refractivity contribution in [2.75, 3.05) is 37.4 Å². The van der Waals surface area contributed by atoms with Crippen molar-refractivity contribution in [2.45, 2.75) is 11.3 Å². The van der Waals surface area contributed by atoms with E-state index in [0.29, 0.717) is 18.9 Å². The number of hydrogen-bond acceptors (Lipinski definition) is 6. The van der Waals surface area contributed by atoms with E-state index in [1.54, 1.807) is 12.3 Å². The summed E-state index contributed by atoms with van der Waals surface area (Å²) in [6, 6.07) is 14.5. The third kappa shape index (κ3) is 6.07. The third-order valence-corrected chi connectivity index (χ3v) is 6.87. The zero-order valence-corrected chi connectivity index (χ0v) is 19.5. The fourth-order valence-electron chi connectivity index (χ4n) is 2.84. The molecule has 1 heterocycles. The summed E-state index contributed by atoms with van der Waals surface area (Å²) in [5.74, 6) is 0.478. The minimum atomic E-state index is -3.80. The first-order chi connectivity index (χ1) is 14.8. The van der Waals surface area contributed by atoms with Crippen LogP contribution in [0.2, 0.25) is 10.0 Å². The number of aromatic nitrogens is 2. The molecule has 0 spiro atoms. The molecule has 31 heavy (non-hydrogen) atoms. The van der Waals surface area contributed by atoms with Gasteiger partial charge in [0.1, 0.15) is 4.90 Å². The van der Waals surface area contributed by atoms with Crippen molar-refractivity contribution in [3.63, 3.8) is 0 Å². The van der Waals surface area contributed by atoms with Crippen LogP contribution in [0.5, 0.6) is 0 Å². The largest absolute Gasteiger partial charge is 0.378 e. The predicted octanol–water partition coefficient (Wildman–Crippen LogP) is 4.30. The molecule has 0 fully saturated rings. The van der Waals surface area contributed by atoms with Crippen LogP contribution in [0.3, 0.4) is 0 Å². The van der Waals surface area contributed by atoms with Crippen molar-refractivity contribution in [1.82, 2.24) is 14.7 Å². The van der Waals surface area contributed by atoms with Crippen LogP contribution in [0.25, 0.3) is 11.3 Å². The van der Waals surface area contributed by atoms with Crippen molar-refractivity contribution in [2.24, 2.45) is 0 Å². The summed E-state index contributed by atoms with van der Waals surface area (Å²) in [6.45, 7) is 0.699. The molecular formula is C21H23Cl2N5O2S. The molecule has 10 heteroatoms. The molecule has 2 N–H and O–H groups in total. The van der Waals surface area contributed by atoms with Gasteiger partial charge in [-0.2, -0.15) is 0 Å². The van der Waals surface area contributed by atoms with Crippen molar-refractivity contribution in [1.29, 1.82) is 0 Å². The number of nitrogens with zero attached hydrogens (tertiary/aromatic N) is 3. The van der Waals surface area contributed by atoms with Gasteiger partial charge >= 0.3 is 0 Å². The average molecular weight is 480 g/mol. The van der Waals surface area contributed by atoms with Crippen molar-refractivity contribution >= 4 is 44.9 Å². The fraction of sp³-hybridized carbons (Fsp3) is 0.238. The topological polar surface area (TPSA) is 87.2 Å². The van der Waals surface area contributed by atoms with Gasteiger partial charge in [0.05, 0.1) is 15.7 Å². The maximum absolute atomic E-state index is 12.4. The number of rotatable bonds is 9. The van der Waals surface area contributed by atoms with Gasteiger partial charge in [0.15, 0.2) is 0 Å². The number of benzene rings is 2. The highest BCUT2D eigenvalue weighted by molar-refractivity contribution is 7.89. The summed E-state index contributed by atoms with van der Waals surface area (Å²) in [4.78, 5) is 10.7. The first kappa shape index (κ1) is 23.3. The maximum atomic E-state index is 12.4. The first-order valence-electron chi connectivity index (χ1n) is 9.56. The lowest BCUT2D eigenvalue weighted by molar-refractivity contribution is 0.580. The lowest BCUT2D eigenvalue weighted by atomic mass is 10.1. The zero-order chi connectivity index (χ0) is 22.4. The van der Waals surface area contributed by atoms with Crippen LogP contribution in [0.15, 0.2) is 59.6 Å². The monoisotopic (exact) mass is 479 g/mol. The molecule has 0 radical (unpaired) electrons. The Bertz CT molecular complexity index is 1120. The van der Waals surface area contributed by atoms with Gasteiger partial charge in [-0.3, -0.25) is 0 Å². The molecular weight excluding hydrogens is 457 g/mol. The molecule has 1 aromatic heterocycles. The molecule has 0 aliphatic carbocycles. The zero-order valence-electron chi connectivity index (χ0n) is 17.1. The highest BCUT2D eigenvalue weighted by atomic mass is 35.5. The minimum absolute atomic E-state index is 0.0851.